The van der Waals surface area contributed by atoms with Crippen LogP contribution in [0.1, 0.15) is 23.7 Å². The lowest BCUT2D eigenvalue weighted by molar-refractivity contribution is 0.00755. The smallest absolute Gasteiger partial charge is 0.457 e. The maximum Gasteiger partial charge on any atom is 0.511 e. The Morgan fingerprint density at radius 2 is 1.64 bits per heavy atom. The molecule has 0 saturated heterocycles. The molecule has 1 aromatic heterocycles. The van der Waals surface area contributed by atoms with Crippen LogP contribution in [-0.2, 0) is 16.1 Å². The van der Waals surface area contributed by atoms with E-state index in [0.717, 1.165) is 11.1 Å². The van der Waals surface area contributed by atoms with Crippen LogP contribution < -0.4 is 9.47 Å². The molecule has 4 aromatic rings. The van der Waals surface area contributed by atoms with Crippen molar-refractivity contribution in [3.05, 3.63) is 83.3 Å². The van der Waals surface area contributed by atoms with Crippen LogP contribution in [0.25, 0.3) is 22.0 Å². The number of fused-ring (bicyclic) bond motifs is 1. The molecule has 186 valence electrons. The number of aliphatic hydroxyl groups excluding tert-OH is 1. The molecule has 3 aromatic carbocycles. The number of benzene rings is 3. The molecule has 0 aliphatic heterocycles. The molecule has 7 nitrogen and oxygen atoms in total. The predicted molar refractivity (Wildman–Crippen MR) is 133 cm³/mol. The molecule has 0 amide bonds. The first-order chi connectivity index (χ1) is 17.4. The maximum absolute atomic E-state index is 14.6. The summed E-state index contributed by atoms with van der Waals surface area (Å²) < 4.78 is 36.1. The molecular formula is C28H26FNO6. The van der Waals surface area contributed by atoms with Gasteiger partial charge in [0.2, 0.25) is 6.79 Å². The zero-order valence-corrected chi connectivity index (χ0v) is 20.2. The number of aromatic nitrogens is 1. The molecule has 0 saturated carbocycles. The van der Waals surface area contributed by atoms with Crippen molar-refractivity contribution in [1.82, 2.24) is 4.98 Å². The van der Waals surface area contributed by atoms with Gasteiger partial charge < -0.3 is 24.1 Å². The Morgan fingerprint density at radius 3 is 2.28 bits per heavy atom. The van der Waals surface area contributed by atoms with Crippen molar-refractivity contribution in [3.8, 4) is 28.4 Å². The molecule has 0 radical (unpaired) electrons. The second kappa shape index (κ2) is 11.0. The van der Waals surface area contributed by atoms with E-state index in [4.69, 9.17) is 18.9 Å². The van der Waals surface area contributed by atoms with Crippen LogP contribution in [0.2, 0.25) is 0 Å². The zero-order chi connectivity index (χ0) is 25.7. The van der Waals surface area contributed by atoms with Gasteiger partial charge in [-0.2, -0.15) is 0 Å². The van der Waals surface area contributed by atoms with Crippen molar-refractivity contribution in [1.29, 1.82) is 0 Å². The summed E-state index contributed by atoms with van der Waals surface area (Å²) in [6, 6.07) is 17.8. The number of ether oxygens (including phenoxy) is 4. The number of halogens is 1. The summed E-state index contributed by atoms with van der Waals surface area (Å²) in [5.41, 5.74) is 3.65. The maximum atomic E-state index is 14.6. The van der Waals surface area contributed by atoms with Crippen LogP contribution in [0.15, 0.2) is 60.7 Å². The SMILES string of the molecule is CCOC(=O)OCOc1c(-c2ccc(Oc3ccc(C)cc3)cc2)c(C)nc2cc(CO)c(F)cc12. The third-order valence-electron chi connectivity index (χ3n) is 5.50. The van der Waals surface area contributed by atoms with Crippen molar-refractivity contribution in [2.45, 2.75) is 27.4 Å². The number of pyridine rings is 1. The minimum Gasteiger partial charge on any atom is -0.457 e. The van der Waals surface area contributed by atoms with E-state index >= 15 is 0 Å². The molecule has 0 fully saturated rings. The average molecular weight is 492 g/mol. The Kier molecular flexibility index (Phi) is 7.65. The first-order valence-electron chi connectivity index (χ1n) is 11.4. The molecule has 1 heterocycles. The molecule has 0 spiro atoms. The van der Waals surface area contributed by atoms with Gasteiger partial charge in [0.25, 0.3) is 0 Å². The summed E-state index contributed by atoms with van der Waals surface area (Å²) in [7, 11) is 0. The van der Waals surface area contributed by atoms with Gasteiger partial charge in [-0.25, -0.2) is 9.18 Å². The van der Waals surface area contributed by atoms with E-state index in [1.807, 2.05) is 55.5 Å². The molecule has 4 rings (SSSR count). The summed E-state index contributed by atoms with van der Waals surface area (Å²) in [6.45, 7) is 4.72. The van der Waals surface area contributed by atoms with Gasteiger partial charge in [-0.3, -0.25) is 4.98 Å². The number of rotatable bonds is 8. The van der Waals surface area contributed by atoms with Gasteiger partial charge in [0.1, 0.15) is 23.1 Å². The monoisotopic (exact) mass is 491 g/mol. The fourth-order valence-electron chi connectivity index (χ4n) is 3.75. The standard InChI is InChI=1S/C28H26FNO6/c1-4-33-28(32)35-16-34-27-23-14-24(29)20(15-31)13-25(23)30-18(3)26(27)19-7-11-22(12-8-19)36-21-9-5-17(2)6-10-21/h5-14,31H,4,15-16H2,1-3H3. The Bertz CT molecular complexity index is 1370. The second-order valence-corrected chi connectivity index (χ2v) is 8.05. The first kappa shape index (κ1) is 24.9. The van der Waals surface area contributed by atoms with Crippen LogP contribution in [0.4, 0.5) is 9.18 Å². The minimum absolute atomic E-state index is 0.119. The lowest BCUT2D eigenvalue weighted by atomic mass is 9.99. The number of nitrogens with zero attached hydrogens (tertiary/aromatic N) is 1. The van der Waals surface area contributed by atoms with E-state index in [1.165, 1.54) is 12.1 Å². The largest absolute Gasteiger partial charge is 0.511 e. The van der Waals surface area contributed by atoms with E-state index < -0.39 is 25.4 Å². The molecular weight excluding hydrogens is 465 g/mol. The fraction of sp³-hybridized carbons (Fsp3) is 0.214. The van der Waals surface area contributed by atoms with Crippen molar-refractivity contribution in [2.75, 3.05) is 13.4 Å². The highest BCUT2D eigenvalue weighted by Gasteiger charge is 2.19. The van der Waals surface area contributed by atoms with Crippen LogP contribution in [0.3, 0.4) is 0 Å². The van der Waals surface area contributed by atoms with Crippen LogP contribution in [-0.4, -0.2) is 29.6 Å². The summed E-state index contributed by atoms with van der Waals surface area (Å²) in [5, 5.41) is 9.84. The normalized spacial score (nSPS) is 10.8. The van der Waals surface area contributed by atoms with Gasteiger partial charge >= 0.3 is 6.16 Å². The number of carbonyl (C=O) groups excluding carboxylic acids is 1. The highest BCUT2D eigenvalue weighted by molar-refractivity contribution is 5.94. The van der Waals surface area contributed by atoms with Crippen LogP contribution in [0.5, 0.6) is 17.2 Å². The van der Waals surface area contributed by atoms with Gasteiger partial charge in [0.05, 0.1) is 18.7 Å². The molecule has 0 bridgehead atoms. The molecule has 36 heavy (non-hydrogen) atoms. The van der Waals surface area contributed by atoms with Crippen LogP contribution >= 0.6 is 0 Å². The number of carbonyl (C=O) groups is 1. The van der Waals surface area contributed by atoms with Gasteiger partial charge in [-0.1, -0.05) is 29.8 Å². The number of aryl methyl sites for hydroxylation is 2. The lowest BCUT2D eigenvalue weighted by Gasteiger charge is -2.17. The Hall–Kier alpha value is -4.17. The Morgan fingerprint density at radius 1 is 0.972 bits per heavy atom. The van der Waals surface area contributed by atoms with Crippen LogP contribution in [0, 0.1) is 19.7 Å². The summed E-state index contributed by atoms with van der Waals surface area (Å²) >= 11 is 0. The molecule has 0 aliphatic carbocycles. The van der Waals surface area contributed by atoms with Gasteiger partial charge in [-0.15, -0.1) is 0 Å². The van der Waals surface area contributed by atoms with E-state index in [-0.39, 0.29) is 17.9 Å². The molecule has 0 atom stereocenters. The number of aliphatic hydroxyl groups is 1. The van der Waals surface area contributed by atoms with E-state index in [2.05, 4.69) is 4.98 Å². The minimum atomic E-state index is -0.875. The summed E-state index contributed by atoms with van der Waals surface area (Å²) in [5.74, 6) is 1.05. The summed E-state index contributed by atoms with van der Waals surface area (Å²) in [6.07, 6.45) is -0.875. The molecule has 0 unspecified atom stereocenters. The highest BCUT2D eigenvalue weighted by atomic mass is 19.1. The molecule has 8 heteroatoms. The Labute approximate surface area is 208 Å². The van der Waals surface area contributed by atoms with Crippen molar-refractivity contribution >= 4 is 17.1 Å². The zero-order valence-electron chi connectivity index (χ0n) is 20.2. The van der Waals surface area contributed by atoms with Gasteiger partial charge in [0.15, 0.2) is 0 Å². The number of hydrogen-bond donors (Lipinski definition) is 1. The quantitative estimate of drug-likeness (QED) is 0.224. The van der Waals surface area contributed by atoms with Gasteiger partial charge in [0, 0.05) is 22.2 Å². The molecule has 0 aliphatic rings. The van der Waals surface area contributed by atoms with E-state index in [9.17, 15) is 14.3 Å². The van der Waals surface area contributed by atoms with E-state index in [1.54, 1.807) is 13.8 Å². The Balaban J connectivity index is 1.72. The molecule has 1 N–H and O–H groups in total. The lowest BCUT2D eigenvalue weighted by Crippen LogP contribution is -2.13. The van der Waals surface area contributed by atoms with Crippen molar-refractivity contribution in [3.63, 3.8) is 0 Å². The predicted octanol–water partition coefficient (Wildman–Crippen LogP) is 6.45. The van der Waals surface area contributed by atoms with Crippen molar-refractivity contribution in [2.24, 2.45) is 0 Å². The summed E-state index contributed by atoms with van der Waals surface area (Å²) in [4.78, 5) is 16.2. The number of hydrogen-bond acceptors (Lipinski definition) is 7. The highest BCUT2D eigenvalue weighted by Crippen LogP contribution is 2.40. The third-order valence-corrected chi connectivity index (χ3v) is 5.50. The fourth-order valence-corrected chi connectivity index (χ4v) is 3.75. The topological polar surface area (TPSA) is 87.1 Å². The second-order valence-electron chi connectivity index (χ2n) is 8.05. The van der Waals surface area contributed by atoms with Gasteiger partial charge in [-0.05, 0) is 62.7 Å². The van der Waals surface area contributed by atoms with E-state index in [0.29, 0.717) is 33.7 Å². The average Bonchev–Trinajstić information content (AvgIpc) is 2.86. The third kappa shape index (κ3) is 5.55. The first-order valence-corrected chi connectivity index (χ1v) is 11.4. The van der Waals surface area contributed by atoms with Crippen molar-refractivity contribution < 1.29 is 33.2 Å².